The number of nitrogens with zero attached hydrogens (tertiary/aromatic N) is 1. The molecular formula is C28H41N3O5. The van der Waals surface area contributed by atoms with Gasteiger partial charge >= 0.3 is 0 Å². The molecule has 3 heterocycles. The molecule has 2 unspecified atom stereocenters. The molecule has 1 aromatic rings. The van der Waals surface area contributed by atoms with Crippen LogP contribution in [0.25, 0.3) is 0 Å². The van der Waals surface area contributed by atoms with Crippen molar-refractivity contribution >= 4 is 23.4 Å². The minimum Gasteiger partial charge on any atom is -0.394 e. The van der Waals surface area contributed by atoms with Crippen molar-refractivity contribution in [2.75, 3.05) is 18.5 Å². The maximum absolute atomic E-state index is 14.2. The van der Waals surface area contributed by atoms with Gasteiger partial charge in [-0.05, 0) is 63.5 Å². The Labute approximate surface area is 214 Å². The number of benzene rings is 1. The second kappa shape index (κ2) is 9.78. The molecule has 0 radical (unpaired) electrons. The van der Waals surface area contributed by atoms with Crippen molar-refractivity contribution in [3.8, 4) is 0 Å². The Morgan fingerprint density at radius 2 is 1.86 bits per heavy atom. The van der Waals surface area contributed by atoms with E-state index in [1.807, 2.05) is 59.7 Å². The van der Waals surface area contributed by atoms with Crippen molar-refractivity contribution in [3.63, 3.8) is 0 Å². The lowest BCUT2D eigenvalue weighted by Crippen LogP contribution is -2.56. The van der Waals surface area contributed by atoms with Gasteiger partial charge in [-0.3, -0.25) is 14.4 Å². The number of para-hydroxylation sites is 1. The lowest BCUT2D eigenvalue weighted by Gasteiger charge is -2.37. The van der Waals surface area contributed by atoms with Crippen LogP contribution in [0.5, 0.6) is 0 Å². The maximum atomic E-state index is 14.2. The summed E-state index contributed by atoms with van der Waals surface area (Å²) in [6.07, 6.45) is 2.44. The average molecular weight is 500 g/mol. The summed E-state index contributed by atoms with van der Waals surface area (Å²) >= 11 is 0. The van der Waals surface area contributed by atoms with Crippen molar-refractivity contribution < 1.29 is 24.2 Å². The lowest BCUT2D eigenvalue weighted by atomic mass is 9.66. The lowest BCUT2D eigenvalue weighted by molar-refractivity contribution is -0.148. The Kier molecular flexibility index (Phi) is 7.23. The number of aryl methyl sites for hydroxylation is 2. The number of anilines is 1. The Morgan fingerprint density at radius 3 is 2.44 bits per heavy atom. The normalized spacial score (nSPS) is 31.6. The first-order valence-corrected chi connectivity index (χ1v) is 13.3. The van der Waals surface area contributed by atoms with E-state index in [9.17, 15) is 19.5 Å². The molecule has 3 fully saturated rings. The number of likely N-dealkylation sites (tertiary alicyclic amines) is 1. The molecule has 36 heavy (non-hydrogen) atoms. The fraction of sp³-hybridized carbons (Fsp3) is 0.679. The molecular weight excluding hydrogens is 458 g/mol. The zero-order valence-electron chi connectivity index (χ0n) is 22.4. The Balaban J connectivity index is 1.79. The van der Waals surface area contributed by atoms with Crippen molar-refractivity contribution in [1.29, 1.82) is 0 Å². The minimum atomic E-state index is -1.11. The highest BCUT2D eigenvalue weighted by Gasteiger charge is 2.78. The Bertz CT molecular complexity index is 1020. The first-order chi connectivity index (χ1) is 17.0. The van der Waals surface area contributed by atoms with E-state index in [1.54, 1.807) is 4.90 Å². The van der Waals surface area contributed by atoms with Crippen LogP contribution >= 0.6 is 0 Å². The third-order valence-corrected chi connectivity index (χ3v) is 8.37. The molecule has 3 saturated heterocycles. The van der Waals surface area contributed by atoms with Crippen molar-refractivity contribution in [2.45, 2.75) is 90.5 Å². The van der Waals surface area contributed by atoms with Crippen molar-refractivity contribution in [3.05, 3.63) is 29.3 Å². The van der Waals surface area contributed by atoms with Crippen LogP contribution in [0.3, 0.4) is 0 Å². The zero-order valence-corrected chi connectivity index (χ0v) is 22.4. The van der Waals surface area contributed by atoms with E-state index < -0.39 is 35.1 Å². The van der Waals surface area contributed by atoms with Crippen LogP contribution in [-0.2, 0) is 19.1 Å². The van der Waals surface area contributed by atoms with Gasteiger partial charge in [0.25, 0.3) is 0 Å². The fourth-order valence-electron chi connectivity index (χ4n) is 6.84. The van der Waals surface area contributed by atoms with Gasteiger partial charge in [0.15, 0.2) is 0 Å². The topological polar surface area (TPSA) is 108 Å². The number of aliphatic hydroxyl groups is 1. The molecule has 2 bridgehead atoms. The van der Waals surface area contributed by atoms with E-state index in [2.05, 4.69) is 10.6 Å². The molecule has 0 aliphatic carbocycles. The van der Waals surface area contributed by atoms with Gasteiger partial charge in [0.2, 0.25) is 17.7 Å². The number of hydrogen-bond donors (Lipinski definition) is 3. The fourth-order valence-corrected chi connectivity index (χ4v) is 6.84. The van der Waals surface area contributed by atoms with Gasteiger partial charge in [-0.15, -0.1) is 0 Å². The van der Waals surface area contributed by atoms with Gasteiger partial charge in [0.05, 0.1) is 30.1 Å². The summed E-state index contributed by atoms with van der Waals surface area (Å²) in [7, 11) is 0. The summed E-state index contributed by atoms with van der Waals surface area (Å²) in [5.41, 5.74) is 0.651. The molecule has 3 amide bonds. The summed E-state index contributed by atoms with van der Waals surface area (Å²) in [5, 5.41) is 16.4. The van der Waals surface area contributed by atoms with Gasteiger partial charge in [0.1, 0.15) is 11.6 Å². The highest BCUT2D eigenvalue weighted by Crippen LogP contribution is 2.63. The summed E-state index contributed by atoms with van der Waals surface area (Å²) < 4.78 is 6.65. The van der Waals surface area contributed by atoms with Crippen molar-refractivity contribution in [2.24, 2.45) is 17.8 Å². The predicted octanol–water partition coefficient (Wildman–Crippen LogP) is 2.94. The molecule has 0 aromatic heterocycles. The quantitative estimate of drug-likeness (QED) is 0.484. The van der Waals surface area contributed by atoms with E-state index >= 15 is 0 Å². The standard InChI is InChI=1S/C28H41N3O5/c1-7-13-29-24(33)20-21-26(35)31(19(15-32)14-16(2)3)23(28(21)12-11-27(20,6)36-28)25(34)30-22-17(4)9-8-10-18(22)5/h8-10,16,19-21,23,32H,7,11-15H2,1-6H3,(H,29,33)(H,30,34)/t19-,20+,21+,23?,27-,28?/m1/s1. The number of carbonyl (C=O) groups excluding carboxylic acids is 3. The van der Waals surface area contributed by atoms with E-state index in [4.69, 9.17) is 4.74 Å². The SMILES string of the molecule is CCCNC(=O)[C@@H]1[C@H]2C(=O)N([C@@H](CO)CC(C)C)C(C(=O)Nc3c(C)cccc3C)C23CC[C@@]1(C)O3. The second-order valence-electron chi connectivity index (χ2n) is 11.5. The van der Waals surface area contributed by atoms with E-state index in [0.717, 1.165) is 23.2 Å². The second-order valence-corrected chi connectivity index (χ2v) is 11.5. The first-order valence-electron chi connectivity index (χ1n) is 13.3. The van der Waals surface area contributed by atoms with Crippen LogP contribution in [0.2, 0.25) is 0 Å². The summed E-state index contributed by atoms with van der Waals surface area (Å²) in [6, 6.07) is 4.33. The Morgan fingerprint density at radius 1 is 1.19 bits per heavy atom. The van der Waals surface area contributed by atoms with Gasteiger partial charge in [-0.1, -0.05) is 39.0 Å². The van der Waals surface area contributed by atoms with E-state index in [0.29, 0.717) is 25.8 Å². The van der Waals surface area contributed by atoms with Crippen LogP contribution in [0, 0.1) is 31.6 Å². The number of carbonyl (C=O) groups is 3. The van der Waals surface area contributed by atoms with Gasteiger partial charge < -0.3 is 25.4 Å². The van der Waals surface area contributed by atoms with Crippen LogP contribution < -0.4 is 10.6 Å². The monoisotopic (exact) mass is 499 g/mol. The number of amides is 3. The molecule has 6 atom stereocenters. The third-order valence-electron chi connectivity index (χ3n) is 8.37. The minimum absolute atomic E-state index is 0.195. The first kappa shape index (κ1) is 26.6. The Hall–Kier alpha value is -2.45. The number of nitrogens with one attached hydrogen (secondary N) is 2. The van der Waals surface area contributed by atoms with Crippen molar-refractivity contribution in [1.82, 2.24) is 10.2 Å². The molecule has 8 heteroatoms. The molecule has 3 aliphatic rings. The van der Waals surface area contributed by atoms with E-state index in [1.165, 1.54) is 0 Å². The van der Waals surface area contributed by atoms with Crippen LogP contribution in [-0.4, -0.2) is 64.2 Å². The molecule has 8 nitrogen and oxygen atoms in total. The molecule has 1 aromatic carbocycles. The summed E-state index contributed by atoms with van der Waals surface area (Å²) in [5.74, 6) is -2.03. The number of rotatable bonds is 9. The number of aliphatic hydroxyl groups excluding tert-OH is 1. The molecule has 198 valence electrons. The maximum Gasteiger partial charge on any atom is 0.250 e. The number of ether oxygens (including phenoxy) is 1. The molecule has 3 aliphatic heterocycles. The van der Waals surface area contributed by atoms with Gasteiger partial charge in [-0.25, -0.2) is 0 Å². The highest BCUT2D eigenvalue weighted by molar-refractivity contribution is 6.04. The van der Waals surface area contributed by atoms with Gasteiger partial charge in [-0.2, -0.15) is 0 Å². The van der Waals surface area contributed by atoms with E-state index in [-0.39, 0.29) is 30.2 Å². The van der Waals surface area contributed by atoms with Gasteiger partial charge in [0, 0.05) is 12.2 Å². The molecule has 3 N–H and O–H groups in total. The molecule has 0 saturated carbocycles. The third kappa shape index (κ3) is 4.12. The molecule has 4 rings (SSSR count). The highest BCUT2D eigenvalue weighted by atomic mass is 16.5. The van der Waals surface area contributed by atoms with Crippen LogP contribution in [0.15, 0.2) is 18.2 Å². The summed E-state index contributed by atoms with van der Waals surface area (Å²) in [4.78, 5) is 43.2. The van der Waals surface area contributed by atoms with Crippen LogP contribution in [0.4, 0.5) is 5.69 Å². The zero-order chi connectivity index (χ0) is 26.4. The summed E-state index contributed by atoms with van der Waals surface area (Å²) in [6.45, 7) is 12.1. The molecule has 1 spiro atoms. The average Bonchev–Trinajstić information content (AvgIpc) is 3.39. The largest absolute Gasteiger partial charge is 0.394 e. The predicted molar refractivity (Wildman–Crippen MR) is 137 cm³/mol. The van der Waals surface area contributed by atoms with Crippen LogP contribution in [0.1, 0.15) is 64.5 Å². The smallest absolute Gasteiger partial charge is 0.250 e. The number of hydrogen-bond acceptors (Lipinski definition) is 5. The number of fused-ring (bicyclic) bond motifs is 1.